The molecule has 1 saturated heterocycles. The number of alkyl halides is 3. The summed E-state index contributed by atoms with van der Waals surface area (Å²) >= 11 is 2.02. The molecular formula is C29H21F3N2O4S2. The summed E-state index contributed by atoms with van der Waals surface area (Å²) in [4.78, 5) is 43.8. The number of carbonyl (C=O) groups is 2. The number of H-pyrrole nitrogens is 1. The van der Waals surface area contributed by atoms with Crippen molar-refractivity contribution >= 4 is 40.6 Å². The number of amides is 2. The van der Waals surface area contributed by atoms with Gasteiger partial charge in [0.15, 0.2) is 0 Å². The molecule has 0 saturated carbocycles. The number of anilines is 1. The number of aryl methyl sites for hydroxylation is 1. The van der Waals surface area contributed by atoms with Crippen molar-refractivity contribution in [2.45, 2.75) is 35.9 Å². The molecule has 3 heterocycles. The highest BCUT2D eigenvalue weighted by Gasteiger charge is 2.57. The number of carbonyl (C=O) groups excluding carboxylic acids is 2. The number of aromatic nitrogens is 1. The van der Waals surface area contributed by atoms with Gasteiger partial charge in [0.05, 0.1) is 22.2 Å². The molecule has 1 aromatic heterocycles. The van der Waals surface area contributed by atoms with Gasteiger partial charge in [0, 0.05) is 16.4 Å². The summed E-state index contributed by atoms with van der Waals surface area (Å²) in [5.41, 5.74) is 1.55. The molecule has 2 aliphatic heterocycles. The van der Waals surface area contributed by atoms with E-state index in [-0.39, 0.29) is 17.2 Å². The Hall–Kier alpha value is -3.83. The lowest BCUT2D eigenvalue weighted by atomic mass is 9.82. The van der Waals surface area contributed by atoms with E-state index in [0.717, 1.165) is 51.3 Å². The van der Waals surface area contributed by atoms with Gasteiger partial charge in [0.1, 0.15) is 17.6 Å². The molecule has 40 heavy (non-hydrogen) atoms. The molecule has 1 N–H and O–H groups in total. The van der Waals surface area contributed by atoms with Crippen molar-refractivity contribution in [1.29, 1.82) is 0 Å². The molecule has 1 fully saturated rings. The average molecular weight is 583 g/mol. The van der Waals surface area contributed by atoms with Crippen LogP contribution in [0.15, 0.2) is 82.6 Å². The van der Waals surface area contributed by atoms with Gasteiger partial charge in [-0.2, -0.15) is 13.2 Å². The van der Waals surface area contributed by atoms with E-state index in [1.165, 1.54) is 12.1 Å². The number of halogens is 3. The molecular weight excluding hydrogens is 561 g/mol. The number of nitrogens with one attached hydrogen (secondary N) is 1. The van der Waals surface area contributed by atoms with E-state index in [1.807, 2.05) is 31.2 Å². The van der Waals surface area contributed by atoms with Crippen LogP contribution >= 0.6 is 23.1 Å². The van der Waals surface area contributed by atoms with Crippen LogP contribution < -0.4 is 14.5 Å². The Bertz CT molecular complexity index is 1700. The zero-order chi connectivity index (χ0) is 28.2. The second kappa shape index (κ2) is 9.97. The van der Waals surface area contributed by atoms with Crippen molar-refractivity contribution in [3.8, 4) is 5.75 Å². The number of hydrogen-bond donors (Lipinski definition) is 1. The third-order valence-electron chi connectivity index (χ3n) is 7.15. The summed E-state index contributed by atoms with van der Waals surface area (Å²) in [6, 6.07) is 19.1. The number of fused-ring (bicyclic) bond motifs is 2. The highest BCUT2D eigenvalue weighted by Crippen LogP contribution is 2.54. The molecule has 4 aromatic rings. The first-order valence-corrected chi connectivity index (χ1v) is 14.0. The maximum Gasteiger partial charge on any atom is 0.416 e. The van der Waals surface area contributed by atoms with E-state index in [2.05, 4.69) is 4.98 Å². The fourth-order valence-corrected chi connectivity index (χ4v) is 7.73. The quantitative estimate of drug-likeness (QED) is 0.286. The van der Waals surface area contributed by atoms with Crippen LogP contribution in [0.4, 0.5) is 18.9 Å². The van der Waals surface area contributed by atoms with Crippen LogP contribution in [0.5, 0.6) is 5.75 Å². The molecule has 0 radical (unpaired) electrons. The number of aromatic amines is 1. The van der Waals surface area contributed by atoms with Crippen LogP contribution in [0.3, 0.4) is 0 Å². The Kier molecular flexibility index (Phi) is 6.58. The SMILES string of the molecule is Cc1ccccc1COc1ccccc1[C@H]1c2sc(=O)[nH]c2SC2C(=O)N(c3cccc(C(F)(F)F)c3)C(=O)C21. The topological polar surface area (TPSA) is 79.5 Å². The summed E-state index contributed by atoms with van der Waals surface area (Å²) in [6.45, 7) is 2.24. The van der Waals surface area contributed by atoms with E-state index >= 15 is 0 Å². The molecule has 0 aliphatic carbocycles. The first kappa shape index (κ1) is 26.4. The number of para-hydroxylation sites is 1. The summed E-state index contributed by atoms with van der Waals surface area (Å²) in [5.74, 6) is -2.42. The highest BCUT2D eigenvalue weighted by atomic mass is 32.2. The van der Waals surface area contributed by atoms with Gasteiger partial charge in [-0.3, -0.25) is 14.4 Å². The zero-order valence-electron chi connectivity index (χ0n) is 20.9. The number of thiazole rings is 1. The Morgan fingerprint density at radius 3 is 2.48 bits per heavy atom. The fourth-order valence-electron chi connectivity index (χ4n) is 5.22. The molecule has 0 bridgehead atoms. The third-order valence-corrected chi connectivity index (χ3v) is 9.56. The Morgan fingerprint density at radius 1 is 0.950 bits per heavy atom. The van der Waals surface area contributed by atoms with Crippen LogP contribution in [0.25, 0.3) is 0 Å². The molecule has 6 nitrogen and oxygen atoms in total. The maximum atomic E-state index is 13.9. The van der Waals surface area contributed by atoms with E-state index in [1.54, 1.807) is 24.3 Å². The lowest BCUT2D eigenvalue weighted by Gasteiger charge is -2.30. The third kappa shape index (κ3) is 4.52. The number of ether oxygens (including phenoxy) is 1. The molecule has 204 valence electrons. The van der Waals surface area contributed by atoms with Gasteiger partial charge in [0.25, 0.3) is 0 Å². The fraction of sp³-hybridized carbons (Fsp3) is 0.207. The molecule has 2 amide bonds. The van der Waals surface area contributed by atoms with Crippen LogP contribution in [0.1, 0.15) is 33.0 Å². The van der Waals surface area contributed by atoms with Crippen LogP contribution in [0, 0.1) is 12.8 Å². The number of nitrogens with zero attached hydrogens (tertiary/aromatic N) is 1. The van der Waals surface area contributed by atoms with E-state index in [0.29, 0.717) is 21.2 Å². The summed E-state index contributed by atoms with van der Waals surface area (Å²) in [6.07, 6.45) is -4.64. The van der Waals surface area contributed by atoms with Crippen LogP contribution in [-0.4, -0.2) is 22.0 Å². The molecule has 0 spiro atoms. The number of benzene rings is 3. The zero-order valence-corrected chi connectivity index (χ0v) is 22.5. The second-order valence-corrected chi connectivity index (χ2v) is 11.7. The van der Waals surface area contributed by atoms with Crippen molar-refractivity contribution in [2.75, 3.05) is 4.90 Å². The van der Waals surface area contributed by atoms with E-state index in [9.17, 15) is 27.6 Å². The van der Waals surface area contributed by atoms with E-state index < -0.39 is 40.6 Å². The normalized spacial score (nSPS) is 20.4. The standard InChI is InChI=1S/C29H21F3N2O4S2/c1-15-7-2-3-8-16(15)14-38-20-12-5-4-11-19(20)21-22-24(39-25-23(21)40-28(37)33-25)27(36)34(26(22)35)18-10-6-9-17(13-18)29(30,31)32/h2-13,21-22,24H,14H2,1H3,(H,33,37)/t21-,22?,24?/m1/s1. The smallest absolute Gasteiger partial charge is 0.416 e. The minimum atomic E-state index is -4.64. The van der Waals surface area contributed by atoms with Crippen molar-refractivity contribution in [3.63, 3.8) is 0 Å². The molecule has 3 aromatic carbocycles. The Morgan fingerprint density at radius 2 is 1.70 bits per heavy atom. The summed E-state index contributed by atoms with van der Waals surface area (Å²) in [5, 5.41) is -0.462. The molecule has 2 unspecified atom stereocenters. The van der Waals surface area contributed by atoms with Crippen LogP contribution in [0.2, 0.25) is 0 Å². The predicted octanol–water partition coefficient (Wildman–Crippen LogP) is 6.14. The van der Waals surface area contributed by atoms with Gasteiger partial charge >= 0.3 is 11.0 Å². The van der Waals surface area contributed by atoms with Gasteiger partial charge in [0.2, 0.25) is 11.8 Å². The molecule has 2 aliphatic rings. The monoisotopic (exact) mass is 582 g/mol. The summed E-state index contributed by atoms with van der Waals surface area (Å²) in [7, 11) is 0. The Balaban J connectivity index is 1.42. The molecule has 11 heteroatoms. The van der Waals surface area contributed by atoms with Gasteiger partial charge in [-0.15, -0.1) is 0 Å². The predicted molar refractivity (Wildman–Crippen MR) is 146 cm³/mol. The lowest BCUT2D eigenvalue weighted by molar-refractivity contribution is -0.137. The first-order valence-electron chi connectivity index (χ1n) is 12.3. The molecule has 6 rings (SSSR count). The van der Waals surface area contributed by atoms with Gasteiger partial charge in [-0.05, 0) is 42.3 Å². The maximum absolute atomic E-state index is 13.9. The number of thioether (sulfide) groups is 1. The van der Waals surface area contributed by atoms with Crippen molar-refractivity contribution < 1.29 is 27.5 Å². The Labute approximate surface area is 234 Å². The number of rotatable bonds is 5. The first-order chi connectivity index (χ1) is 19.1. The van der Waals surface area contributed by atoms with Gasteiger partial charge in [-0.1, -0.05) is 71.6 Å². The van der Waals surface area contributed by atoms with Crippen molar-refractivity contribution in [1.82, 2.24) is 4.98 Å². The van der Waals surface area contributed by atoms with Crippen molar-refractivity contribution in [3.05, 3.63) is 110 Å². The largest absolute Gasteiger partial charge is 0.489 e. The summed E-state index contributed by atoms with van der Waals surface area (Å²) < 4.78 is 46.5. The van der Waals surface area contributed by atoms with Gasteiger partial charge < -0.3 is 9.72 Å². The van der Waals surface area contributed by atoms with Gasteiger partial charge in [-0.25, -0.2) is 4.90 Å². The van der Waals surface area contributed by atoms with E-state index in [4.69, 9.17) is 4.74 Å². The second-order valence-electron chi connectivity index (χ2n) is 9.56. The molecule has 3 atom stereocenters. The minimum Gasteiger partial charge on any atom is -0.489 e. The van der Waals surface area contributed by atoms with Crippen molar-refractivity contribution in [2.24, 2.45) is 5.92 Å². The highest BCUT2D eigenvalue weighted by molar-refractivity contribution is 8.00. The minimum absolute atomic E-state index is 0.139. The van der Waals surface area contributed by atoms with Crippen LogP contribution in [-0.2, 0) is 22.4 Å². The number of hydrogen-bond acceptors (Lipinski definition) is 6. The average Bonchev–Trinajstić information content (AvgIpc) is 3.42. The lowest BCUT2D eigenvalue weighted by Crippen LogP contribution is -2.32. The number of imide groups is 1.